The van der Waals surface area contributed by atoms with Crippen LogP contribution in [0.25, 0.3) is 10.9 Å². The number of aliphatic hydroxyl groups excluding tert-OH is 1. The molecule has 0 unspecified atom stereocenters. The van der Waals surface area contributed by atoms with Gasteiger partial charge in [-0.05, 0) is 31.0 Å². The number of aromatic nitrogens is 2. The minimum absolute atomic E-state index is 0.00262. The molecule has 0 saturated carbocycles. The summed E-state index contributed by atoms with van der Waals surface area (Å²) in [7, 11) is 1.52. The molecule has 0 bridgehead atoms. The average molecular weight is 461 g/mol. The number of hydrogen-bond acceptors (Lipinski definition) is 7. The Bertz CT molecular complexity index is 1150. The van der Waals surface area contributed by atoms with Gasteiger partial charge in [-0.25, -0.2) is 14.4 Å². The number of aliphatic hydroxyl groups is 1. The second-order valence-electron chi connectivity index (χ2n) is 7.35. The van der Waals surface area contributed by atoms with Crippen molar-refractivity contribution in [1.29, 1.82) is 0 Å². The first kappa shape index (κ1) is 22.0. The number of hydrogen-bond donors (Lipinski definition) is 2. The lowest BCUT2D eigenvalue weighted by molar-refractivity contribution is -0.136. The normalized spacial score (nSPS) is 16.1. The minimum Gasteiger partial charge on any atom is -0.493 e. The Hall–Kier alpha value is -3.17. The van der Waals surface area contributed by atoms with Crippen molar-refractivity contribution in [2.24, 2.45) is 0 Å². The molecule has 1 saturated heterocycles. The summed E-state index contributed by atoms with van der Waals surface area (Å²) in [6.45, 7) is 0.452. The number of benzene rings is 2. The van der Waals surface area contributed by atoms with E-state index in [9.17, 15) is 9.18 Å². The third-order valence-corrected chi connectivity index (χ3v) is 5.58. The average Bonchev–Trinajstić information content (AvgIpc) is 2.81. The van der Waals surface area contributed by atoms with Crippen LogP contribution in [0.15, 0.2) is 36.7 Å². The summed E-state index contributed by atoms with van der Waals surface area (Å²) in [5.74, 6) is 0.417. The number of fused-ring (bicyclic) bond motifs is 1. The van der Waals surface area contributed by atoms with Gasteiger partial charge in [0.25, 0.3) is 0 Å². The maximum atomic E-state index is 14.3. The first-order valence-corrected chi connectivity index (χ1v) is 10.5. The Morgan fingerprint density at radius 3 is 2.97 bits per heavy atom. The molecule has 3 aromatic rings. The summed E-state index contributed by atoms with van der Waals surface area (Å²) in [5, 5.41) is 12.7. The van der Waals surface area contributed by atoms with E-state index >= 15 is 0 Å². The van der Waals surface area contributed by atoms with E-state index in [2.05, 4.69) is 15.3 Å². The highest BCUT2D eigenvalue weighted by Crippen LogP contribution is 2.36. The van der Waals surface area contributed by atoms with Gasteiger partial charge >= 0.3 is 0 Å². The van der Waals surface area contributed by atoms with Crippen molar-refractivity contribution in [3.05, 3.63) is 47.5 Å². The molecule has 2 heterocycles. The van der Waals surface area contributed by atoms with Crippen LogP contribution in [0.5, 0.6) is 11.5 Å². The van der Waals surface area contributed by atoms with Gasteiger partial charge in [-0.2, -0.15) is 0 Å². The number of piperidine rings is 1. The number of amides is 1. The number of rotatable bonds is 6. The molecule has 10 heteroatoms. The number of nitrogens with zero attached hydrogens (tertiary/aromatic N) is 3. The summed E-state index contributed by atoms with van der Waals surface area (Å²) in [4.78, 5) is 22.0. The molecular weight excluding hydrogens is 439 g/mol. The van der Waals surface area contributed by atoms with Crippen LogP contribution in [0.3, 0.4) is 0 Å². The Balaban J connectivity index is 1.63. The van der Waals surface area contributed by atoms with Crippen LogP contribution in [0.4, 0.5) is 15.9 Å². The quantitative estimate of drug-likeness (QED) is 0.580. The molecule has 0 aliphatic carbocycles. The first-order chi connectivity index (χ1) is 15.5. The van der Waals surface area contributed by atoms with Crippen molar-refractivity contribution in [3.63, 3.8) is 0 Å². The highest BCUT2D eigenvalue weighted by molar-refractivity contribution is 6.31. The third-order valence-electron chi connectivity index (χ3n) is 5.29. The molecule has 8 nitrogen and oxygen atoms in total. The fourth-order valence-electron chi connectivity index (χ4n) is 3.68. The molecule has 1 fully saturated rings. The molecule has 0 radical (unpaired) electrons. The van der Waals surface area contributed by atoms with Gasteiger partial charge in [-0.1, -0.05) is 17.7 Å². The summed E-state index contributed by atoms with van der Waals surface area (Å²) in [6, 6.07) is 8.11. The number of nitrogens with one attached hydrogen (secondary N) is 1. The zero-order chi connectivity index (χ0) is 22.7. The highest BCUT2D eigenvalue weighted by atomic mass is 35.5. The maximum absolute atomic E-state index is 14.3. The molecule has 1 aliphatic heterocycles. The first-order valence-electron chi connectivity index (χ1n) is 10.1. The van der Waals surface area contributed by atoms with Crippen molar-refractivity contribution >= 4 is 39.9 Å². The maximum Gasteiger partial charge on any atom is 0.248 e. The van der Waals surface area contributed by atoms with Gasteiger partial charge in [0.05, 0.1) is 29.9 Å². The van der Waals surface area contributed by atoms with E-state index in [-0.39, 0.29) is 22.7 Å². The van der Waals surface area contributed by atoms with Gasteiger partial charge < -0.3 is 24.8 Å². The van der Waals surface area contributed by atoms with Gasteiger partial charge in [0.15, 0.2) is 17.3 Å². The van der Waals surface area contributed by atoms with E-state index in [4.69, 9.17) is 26.2 Å². The van der Waals surface area contributed by atoms with E-state index < -0.39 is 12.4 Å². The number of carbonyl (C=O) groups excluding carboxylic acids is 1. The molecule has 4 rings (SSSR count). The largest absolute Gasteiger partial charge is 0.493 e. The van der Waals surface area contributed by atoms with Gasteiger partial charge in [-0.3, -0.25) is 4.79 Å². The summed E-state index contributed by atoms with van der Waals surface area (Å²) < 4.78 is 26.0. The molecular formula is C22H22ClFN4O4. The Morgan fingerprint density at radius 2 is 2.19 bits per heavy atom. The lowest BCUT2D eigenvalue weighted by atomic mass is 10.1. The van der Waals surface area contributed by atoms with Crippen LogP contribution in [0.1, 0.15) is 12.8 Å². The number of halogens is 2. The monoisotopic (exact) mass is 460 g/mol. The summed E-state index contributed by atoms with van der Waals surface area (Å²) in [6.07, 6.45) is 2.66. The third kappa shape index (κ3) is 4.53. The van der Waals surface area contributed by atoms with E-state index in [0.717, 1.165) is 12.8 Å². The van der Waals surface area contributed by atoms with Crippen LogP contribution in [0, 0.1) is 5.82 Å². The van der Waals surface area contributed by atoms with E-state index in [1.54, 1.807) is 29.2 Å². The Labute approximate surface area is 188 Å². The zero-order valence-corrected chi connectivity index (χ0v) is 18.1. The highest BCUT2D eigenvalue weighted by Gasteiger charge is 2.25. The Kier molecular flexibility index (Phi) is 6.57. The van der Waals surface area contributed by atoms with Gasteiger partial charge in [0.2, 0.25) is 5.91 Å². The standard InChI is InChI=1S/C22H22ClFN4O4/c1-31-18-8-14-17(9-19(18)32-13-4-3-7-28(10-13)20(30)11-29)25-12-26-22(14)27-16-6-2-5-15(23)21(16)24/h2,5-6,8-9,12-13,29H,3-4,7,10-11H2,1H3,(H,25,26,27)/t13-/m0/s1. The molecule has 0 spiro atoms. The van der Waals surface area contributed by atoms with Crippen LogP contribution in [-0.4, -0.2) is 58.8 Å². The van der Waals surface area contributed by atoms with Gasteiger partial charge in [0.1, 0.15) is 24.9 Å². The van der Waals surface area contributed by atoms with E-state index in [1.807, 2.05) is 0 Å². The summed E-state index contributed by atoms with van der Waals surface area (Å²) >= 11 is 5.88. The fraction of sp³-hybridized carbons (Fsp3) is 0.318. The molecule has 1 aliphatic rings. The lowest BCUT2D eigenvalue weighted by Crippen LogP contribution is -2.45. The molecule has 1 aromatic heterocycles. The number of anilines is 2. The number of ether oxygens (including phenoxy) is 2. The molecule has 1 atom stereocenters. The van der Waals surface area contributed by atoms with Crippen molar-refractivity contribution in [2.75, 3.05) is 32.1 Å². The van der Waals surface area contributed by atoms with Crippen molar-refractivity contribution in [1.82, 2.24) is 14.9 Å². The molecule has 168 valence electrons. The van der Waals surface area contributed by atoms with Crippen LogP contribution in [0.2, 0.25) is 5.02 Å². The van der Waals surface area contributed by atoms with Crippen LogP contribution >= 0.6 is 11.6 Å². The lowest BCUT2D eigenvalue weighted by Gasteiger charge is -2.32. The van der Waals surface area contributed by atoms with Gasteiger partial charge in [-0.15, -0.1) is 0 Å². The van der Waals surface area contributed by atoms with Crippen LogP contribution in [-0.2, 0) is 4.79 Å². The predicted octanol–water partition coefficient (Wildman–Crippen LogP) is 3.54. The van der Waals surface area contributed by atoms with E-state index in [0.29, 0.717) is 41.3 Å². The topological polar surface area (TPSA) is 96.8 Å². The zero-order valence-electron chi connectivity index (χ0n) is 17.3. The van der Waals surface area contributed by atoms with Crippen LogP contribution < -0.4 is 14.8 Å². The van der Waals surface area contributed by atoms with Crippen molar-refractivity contribution < 1.29 is 23.8 Å². The fourth-order valence-corrected chi connectivity index (χ4v) is 3.86. The molecule has 32 heavy (non-hydrogen) atoms. The van der Waals surface area contributed by atoms with Crippen molar-refractivity contribution in [2.45, 2.75) is 18.9 Å². The smallest absolute Gasteiger partial charge is 0.248 e. The summed E-state index contributed by atoms with van der Waals surface area (Å²) in [5.41, 5.74) is 0.757. The second-order valence-corrected chi connectivity index (χ2v) is 7.76. The SMILES string of the molecule is COc1cc2c(Nc3cccc(Cl)c3F)ncnc2cc1O[C@H]1CCCN(C(=O)CO)C1. The minimum atomic E-state index is -0.577. The second kappa shape index (κ2) is 9.54. The predicted molar refractivity (Wildman–Crippen MR) is 118 cm³/mol. The number of carbonyl (C=O) groups is 1. The van der Waals surface area contributed by atoms with E-state index in [1.165, 1.54) is 19.5 Å². The van der Waals surface area contributed by atoms with Crippen molar-refractivity contribution in [3.8, 4) is 11.5 Å². The van der Waals surface area contributed by atoms with Gasteiger partial charge in [0, 0.05) is 18.0 Å². The Morgan fingerprint density at radius 1 is 1.34 bits per heavy atom. The molecule has 2 aromatic carbocycles. The number of likely N-dealkylation sites (tertiary alicyclic amines) is 1. The molecule has 2 N–H and O–H groups in total. The molecule has 1 amide bonds. The number of methoxy groups -OCH3 is 1.